The van der Waals surface area contributed by atoms with Crippen LogP contribution in [-0.4, -0.2) is 7.11 Å². The Kier molecular flexibility index (Phi) is 4.07. The largest absolute Gasteiger partial charge is 0.495 e. The summed E-state index contributed by atoms with van der Waals surface area (Å²) in [4.78, 5) is 1.29. The van der Waals surface area contributed by atoms with E-state index >= 15 is 0 Å². The van der Waals surface area contributed by atoms with Gasteiger partial charge in [0.2, 0.25) is 0 Å². The molecular formula is C13H14BrNOS. The standard InChI is InChI=1S/C13H14BrNOS/c1-9-3-4-12(13(5-9)16-2)15-7-11-6-10(14)8-17-11/h3-6,8,15H,7H2,1-2H3. The summed E-state index contributed by atoms with van der Waals surface area (Å²) in [6, 6.07) is 8.29. The first-order valence-corrected chi connectivity index (χ1v) is 6.97. The lowest BCUT2D eigenvalue weighted by molar-refractivity contribution is 0.416. The van der Waals surface area contributed by atoms with Gasteiger partial charge in [-0.15, -0.1) is 11.3 Å². The van der Waals surface area contributed by atoms with Gasteiger partial charge in [0, 0.05) is 21.3 Å². The van der Waals surface area contributed by atoms with Crippen molar-refractivity contribution in [2.45, 2.75) is 13.5 Å². The fraction of sp³-hybridized carbons (Fsp3) is 0.231. The molecule has 0 spiro atoms. The van der Waals surface area contributed by atoms with E-state index in [1.54, 1.807) is 18.4 Å². The van der Waals surface area contributed by atoms with Crippen LogP contribution < -0.4 is 10.1 Å². The second-order valence-electron chi connectivity index (χ2n) is 3.79. The van der Waals surface area contributed by atoms with Crippen molar-refractivity contribution in [2.75, 3.05) is 12.4 Å². The van der Waals surface area contributed by atoms with Crippen molar-refractivity contribution in [3.8, 4) is 5.75 Å². The molecule has 1 heterocycles. The van der Waals surface area contributed by atoms with Gasteiger partial charge in [-0.3, -0.25) is 0 Å². The molecule has 0 fully saturated rings. The molecule has 1 N–H and O–H groups in total. The molecule has 17 heavy (non-hydrogen) atoms. The third kappa shape index (κ3) is 3.23. The quantitative estimate of drug-likeness (QED) is 0.901. The second kappa shape index (κ2) is 5.56. The molecule has 0 aliphatic heterocycles. The Balaban J connectivity index is 2.08. The maximum Gasteiger partial charge on any atom is 0.142 e. The Bertz CT molecular complexity index is 510. The molecule has 0 amide bonds. The van der Waals surface area contributed by atoms with Crippen molar-refractivity contribution < 1.29 is 4.74 Å². The zero-order valence-electron chi connectivity index (χ0n) is 9.79. The van der Waals surface area contributed by atoms with Gasteiger partial charge in [-0.25, -0.2) is 0 Å². The molecule has 1 aromatic carbocycles. The fourth-order valence-electron chi connectivity index (χ4n) is 1.57. The number of ether oxygens (including phenoxy) is 1. The van der Waals surface area contributed by atoms with Crippen LogP contribution in [0.2, 0.25) is 0 Å². The first-order chi connectivity index (χ1) is 8.19. The average Bonchev–Trinajstić information content (AvgIpc) is 2.73. The first kappa shape index (κ1) is 12.5. The highest BCUT2D eigenvalue weighted by Gasteiger charge is 2.03. The van der Waals surface area contributed by atoms with Crippen LogP contribution in [-0.2, 0) is 6.54 Å². The van der Waals surface area contributed by atoms with Gasteiger partial charge in [0.25, 0.3) is 0 Å². The normalized spacial score (nSPS) is 10.3. The molecule has 2 nitrogen and oxygen atoms in total. The van der Waals surface area contributed by atoms with Crippen LogP contribution in [0.15, 0.2) is 34.1 Å². The van der Waals surface area contributed by atoms with Crippen molar-refractivity contribution in [3.05, 3.63) is 44.6 Å². The Morgan fingerprint density at radius 1 is 1.35 bits per heavy atom. The van der Waals surface area contributed by atoms with E-state index in [0.29, 0.717) is 0 Å². The number of anilines is 1. The van der Waals surface area contributed by atoms with Gasteiger partial charge in [-0.05, 0) is 46.6 Å². The number of hydrogen-bond acceptors (Lipinski definition) is 3. The minimum atomic E-state index is 0.815. The van der Waals surface area contributed by atoms with E-state index in [9.17, 15) is 0 Å². The molecule has 0 radical (unpaired) electrons. The lowest BCUT2D eigenvalue weighted by Crippen LogP contribution is -2.00. The highest BCUT2D eigenvalue weighted by molar-refractivity contribution is 9.10. The summed E-state index contributed by atoms with van der Waals surface area (Å²) in [5.74, 6) is 0.889. The average molecular weight is 312 g/mol. The van der Waals surface area contributed by atoms with E-state index < -0.39 is 0 Å². The van der Waals surface area contributed by atoms with Crippen LogP contribution in [0.4, 0.5) is 5.69 Å². The highest BCUT2D eigenvalue weighted by Crippen LogP contribution is 2.27. The zero-order chi connectivity index (χ0) is 12.3. The summed E-state index contributed by atoms with van der Waals surface area (Å²) >= 11 is 5.19. The van der Waals surface area contributed by atoms with Crippen LogP contribution in [0.5, 0.6) is 5.75 Å². The number of nitrogens with one attached hydrogen (secondary N) is 1. The monoisotopic (exact) mass is 311 g/mol. The Hall–Kier alpha value is -1.000. The summed E-state index contributed by atoms with van der Waals surface area (Å²) in [6.45, 7) is 2.87. The molecule has 90 valence electrons. The van der Waals surface area contributed by atoms with Crippen molar-refractivity contribution in [1.82, 2.24) is 0 Å². The van der Waals surface area contributed by atoms with Crippen molar-refractivity contribution in [3.63, 3.8) is 0 Å². The second-order valence-corrected chi connectivity index (χ2v) is 5.70. The Morgan fingerprint density at radius 2 is 2.18 bits per heavy atom. The minimum Gasteiger partial charge on any atom is -0.495 e. The van der Waals surface area contributed by atoms with Crippen LogP contribution >= 0.6 is 27.3 Å². The van der Waals surface area contributed by atoms with Gasteiger partial charge >= 0.3 is 0 Å². The van der Waals surface area contributed by atoms with Crippen LogP contribution in [0.3, 0.4) is 0 Å². The van der Waals surface area contributed by atoms with Gasteiger partial charge in [-0.1, -0.05) is 6.07 Å². The lowest BCUT2D eigenvalue weighted by Gasteiger charge is -2.11. The minimum absolute atomic E-state index is 0.815. The number of hydrogen-bond donors (Lipinski definition) is 1. The molecule has 0 saturated heterocycles. The topological polar surface area (TPSA) is 21.3 Å². The van der Waals surface area contributed by atoms with Crippen LogP contribution in [0.1, 0.15) is 10.4 Å². The van der Waals surface area contributed by atoms with Crippen molar-refractivity contribution in [1.29, 1.82) is 0 Å². The zero-order valence-corrected chi connectivity index (χ0v) is 12.2. The SMILES string of the molecule is COc1cc(C)ccc1NCc1cc(Br)cs1. The molecule has 0 bridgehead atoms. The van der Waals surface area contributed by atoms with Gasteiger partial charge in [0.1, 0.15) is 5.75 Å². The van der Waals surface area contributed by atoms with E-state index in [2.05, 4.69) is 51.7 Å². The number of halogens is 1. The van der Waals surface area contributed by atoms with Crippen LogP contribution in [0.25, 0.3) is 0 Å². The summed E-state index contributed by atoms with van der Waals surface area (Å²) in [7, 11) is 1.70. The summed E-state index contributed by atoms with van der Waals surface area (Å²) in [5, 5.41) is 5.47. The molecule has 2 aromatic rings. The maximum atomic E-state index is 5.35. The molecule has 2 rings (SSSR count). The number of thiophene rings is 1. The number of methoxy groups -OCH3 is 1. The summed E-state index contributed by atoms with van der Waals surface area (Å²) < 4.78 is 6.49. The predicted molar refractivity (Wildman–Crippen MR) is 77.1 cm³/mol. The van der Waals surface area contributed by atoms with Crippen molar-refractivity contribution in [2.24, 2.45) is 0 Å². The maximum absolute atomic E-state index is 5.35. The van der Waals surface area contributed by atoms with E-state index in [-0.39, 0.29) is 0 Å². The third-order valence-electron chi connectivity index (χ3n) is 2.43. The van der Waals surface area contributed by atoms with Gasteiger partial charge in [0.05, 0.1) is 12.8 Å². The van der Waals surface area contributed by atoms with E-state index in [1.807, 2.05) is 6.07 Å². The third-order valence-corrected chi connectivity index (χ3v) is 4.13. The Morgan fingerprint density at radius 3 is 2.82 bits per heavy atom. The highest BCUT2D eigenvalue weighted by atomic mass is 79.9. The molecule has 0 saturated carbocycles. The van der Waals surface area contributed by atoms with E-state index in [0.717, 1.165) is 22.5 Å². The molecule has 1 aromatic heterocycles. The van der Waals surface area contributed by atoms with Gasteiger partial charge in [-0.2, -0.15) is 0 Å². The molecule has 0 unspecified atom stereocenters. The molecule has 4 heteroatoms. The lowest BCUT2D eigenvalue weighted by atomic mass is 10.2. The molecule has 0 aliphatic rings. The van der Waals surface area contributed by atoms with Crippen molar-refractivity contribution >= 4 is 33.0 Å². The molecular weight excluding hydrogens is 298 g/mol. The van der Waals surface area contributed by atoms with Crippen LogP contribution in [0, 0.1) is 6.92 Å². The van der Waals surface area contributed by atoms with Gasteiger partial charge < -0.3 is 10.1 Å². The fourth-order valence-corrected chi connectivity index (χ4v) is 2.96. The van der Waals surface area contributed by atoms with E-state index in [1.165, 1.54) is 10.4 Å². The summed E-state index contributed by atoms with van der Waals surface area (Å²) in [6.07, 6.45) is 0. The predicted octanol–water partition coefficient (Wildman–Crippen LogP) is 4.44. The molecule has 0 atom stereocenters. The summed E-state index contributed by atoms with van der Waals surface area (Å²) in [5.41, 5.74) is 2.23. The first-order valence-electron chi connectivity index (χ1n) is 5.30. The Labute approximate surface area is 114 Å². The van der Waals surface area contributed by atoms with Gasteiger partial charge in [0.15, 0.2) is 0 Å². The number of benzene rings is 1. The molecule has 0 aliphatic carbocycles. The number of rotatable bonds is 4. The smallest absolute Gasteiger partial charge is 0.142 e. The number of aryl methyl sites for hydroxylation is 1. The van der Waals surface area contributed by atoms with E-state index in [4.69, 9.17) is 4.74 Å².